The third-order valence-corrected chi connectivity index (χ3v) is 12.2. The van der Waals surface area contributed by atoms with E-state index >= 15 is 0 Å². The SMILES string of the molecule is C[C@H]1O[C@@H](O[C@H]2CC[C@@]3(C)[C@H](CC[C@@H]4[C@@H]3CC[C@]3(C)[C@@H](C5=CC(=O)OC5)CCC43O)C2)[C@H](O)[C@@H](O)[C@@H]1N. The number of carbonyl (C=O) groups is 1. The molecule has 0 spiro atoms. The van der Waals surface area contributed by atoms with E-state index in [1.54, 1.807) is 13.0 Å². The van der Waals surface area contributed by atoms with Crippen molar-refractivity contribution < 1.29 is 34.3 Å². The van der Waals surface area contributed by atoms with Crippen molar-refractivity contribution >= 4 is 5.97 Å². The largest absolute Gasteiger partial charge is 0.458 e. The molecule has 208 valence electrons. The molecular formula is C29H45NO7. The van der Waals surface area contributed by atoms with Gasteiger partial charge in [0.1, 0.15) is 18.8 Å². The van der Waals surface area contributed by atoms with Crippen LogP contribution in [0.2, 0.25) is 0 Å². The zero-order valence-corrected chi connectivity index (χ0v) is 22.5. The number of nitrogens with two attached hydrogens (primary N) is 1. The Hall–Kier alpha value is -1.03. The molecular weight excluding hydrogens is 474 g/mol. The molecule has 0 aromatic carbocycles. The summed E-state index contributed by atoms with van der Waals surface area (Å²) in [5.74, 6) is 1.21. The first kappa shape index (κ1) is 26.2. The highest BCUT2D eigenvalue weighted by Crippen LogP contribution is 2.70. The Kier molecular flexibility index (Phi) is 6.37. The van der Waals surface area contributed by atoms with Gasteiger partial charge in [-0.2, -0.15) is 0 Å². The van der Waals surface area contributed by atoms with Gasteiger partial charge >= 0.3 is 5.97 Å². The van der Waals surface area contributed by atoms with Crippen molar-refractivity contribution in [1.29, 1.82) is 0 Å². The molecule has 0 radical (unpaired) electrons. The molecule has 5 fully saturated rings. The summed E-state index contributed by atoms with van der Waals surface area (Å²) >= 11 is 0. The van der Waals surface area contributed by atoms with Gasteiger partial charge in [0.2, 0.25) is 0 Å². The van der Waals surface area contributed by atoms with Crippen LogP contribution in [-0.4, -0.2) is 70.2 Å². The van der Waals surface area contributed by atoms with Crippen LogP contribution in [0, 0.1) is 34.5 Å². The molecule has 2 heterocycles. The lowest BCUT2D eigenvalue weighted by molar-refractivity contribution is -0.291. The van der Waals surface area contributed by atoms with Crippen LogP contribution in [0.4, 0.5) is 0 Å². The molecule has 0 aromatic rings. The molecule has 5 N–H and O–H groups in total. The second kappa shape index (κ2) is 9.00. The Labute approximate surface area is 219 Å². The molecule has 0 aromatic heterocycles. The predicted octanol–water partition coefficient (Wildman–Crippen LogP) is 2.42. The van der Waals surface area contributed by atoms with Gasteiger partial charge < -0.3 is 35.3 Å². The smallest absolute Gasteiger partial charge is 0.331 e. The maximum Gasteiger partial charge on any atom is 0.331 e. The number of hydrogen-bond acceptors (Lipinski definition) is 8. The number of rotatable bonds is 3. The van der Waals surface area contributed by atoms with Crippen LogP contribution in [0.3, 0.4) is 0 Å². The van der Waals surface area contributed by atoms with Crippen LogP contribution < -0.4 is 5.73 Å². The van der Waals surface area contributed by atoms with E-state index in [1.807, 2.05) is 0 Å². The standard InChI is InChI=1S/C29H45NO7/c1-15-23(30)24(32)25(33)26(36-15)37-18-6-9-27(2)17(13-18)4-5-21-20(27)7-10-28(3)19(8-11-29(21,28)34)16-12-22(31)35-14-16/h12,15,17-21,23-26,32-34H,4-11,13-14,30H2,1-3H3/t15-,17-,18+,19-,20+,21-,23-,24+,25-,26+,27+,28-,29?/m1/s1. The van der Waals surface area contributed by atoms with E-state index in [-0.39, 0.29) is 40.8 Å². The highest BCUT2D eigenvalue weighted by atomic mass is 16.7. The van der Waals surface area contributed by atoms with Crippen molar-refractivity contribution in [2.45, 2.75) is 121 Å². The summed E-state index contributed by atoms with van der Waals surface area (Å²) in [5, 5.41) is 33.2. The number of carbonyl (C=O) groups excluding carboxylic acids is 1. The Bertz CT molecular complexity index is 957. The molecule has 37 heavy (non-hydrogen) atoms. The van der Waals surface area contributed by atoms with E-state index in [0.717, 1.165) is 63.4 Å². The zero-order chi connectivity index (χ0) is 26.3. The van der Waals surface area contributed by atoms with Crippen molar-refractivity contribution in [1.82, 2.24) is 0 Å². The van der Waals surface area contributed by atoms with Gasteiger partial charge in [-0.25, -0.2) is 4.79 Å². The molecule has 0 amide bonds. The van der Waals surface area contributed by atoms with Gasteiger partial charge in [-0.1, -0.05) is 13.8 Å². The first-order valence-electron chi connectivity index (χ1n) is 14.5. The van der Waals surface area contributed by atoms with Gasteiger partial charge in [0, 0.05) is 11.5 Å². The van der Waals surface area contributed by atoms with Crippen LogP contribution in [0.25, 0.3) is 0 Å². The average molecular weight is 520 g/mol. The van der Waals surface area contributed by atoms with E-state index in [1.165, 1.54) is 0 Å². The van der Waals surface area contributed by atoms with Crippen LogP contribution in [0.1, 0.15) is 78.6 Å². The number of cyclic esters (lactones) is 1. The Morgan fingerprint density at radius 1 is 1.03 bits per heavy atom. The molecule has 8 heteroatoms. The number of aliphatic hydroxyl groups is 3. The second-order valence-electron chi connectivity index (χ2n) is 13.6. The summed E-state index contributed by atoms with van der Waals surface area (Å²) < 4.78 is 17.3. The summed E-state index contributed by atoms with van der Waals surface area (Å²) in [7, 11) is 0. The lowest BCUT2D eigenvalue weighted by atomic mass is 9.43. The molecule has 1 unspecified atom stereocenters. The lowest BCUT2D eigenvalue weighted by Crippen LogP contribution is -2.63. The summed E-state index contributed by atoms with van der Waals surface area (Å²) in [5.41, 5.74) is 6.24. The van der Waals surface area contributed by atoms with Gasteiger partial charge in [-0.05, 0) is 99.4 Å². The number of hydrogen-bond donors (Lipinski definition) is 4. The minimum Gasteiger partial charge on any atom is -0.458 e. The summed E-state index contributed by atoms with van der Waals surface area (Å²) in [6.07, 6.45) is 6.88. The van der Waals surface area contributed by atoms with Crippen molar-refractivity contribution in [2.24, 2.45) is 40.2 Å². The van der Waals surface area contributed by atoms with E-state index in [0.29, 0.717) is 18.4 Å². The fourth-order valence-corrected chi connectivity index (χ4v) is 9.85. The van der Waals surface area contributed by atoms with Gasteiger partial charge in [0.05, 0.1) is 23.9 Å². The van der Waals surface area contributed by atoms with Crippen molar-refractivity contribution in [2.75, 3.05) is 6.61 Å². The fourth-order valence-electron chi connectivity index (χ4n) is 9.85. The Morgan fingerprint density at radius 3 is 2.54 bits per heavy atom. The Balaban J connectivity index is 1.16. The van der Waals surface area contributed by atoms with Crippen LogP contribution in [0.5, 0.6) is 0 Å². The molecule has 1 saturated heterocycles. The molecule has 6 aliphatic rings. The number of fused-ring (bicyclic) bond motifs is 5. The van der Waals surface area contributed by atoms with Crippen molar-refractivity contribution in [3.63, 3.8) is 0 Å². The molecule has 4 saturated carbocycles. The molecule has 13 atom stereocenters. The van der Waals surface area contributed by atoms with Crippen LogP contribution in [-0.2, 0) is 19.0 Å². The fraction of sp³-hybridized carbons (Fsp3) is 0.897. The van der Waals surface area contributed by atoms with E-state index in [2.05, 4.69) is 13.8 Å². The van der Waals surface area contributed by atoms with Gasteiger partial charge in [0.15, 0.2) is 6.29 Å². The van der Waals surface area contributed by atoms with Crippen molar-refractivity contribution in [3.8, 4) is 0 Å². The maximum absolute atomic E-state index is 12.4. The van der Waals surface area contributed by atoms with Crippen LogP contribution in [0.15, 0.2) is 11.6 Å². The van der Waals surface area contributed by atoms with E-state index in [9.17, 15) is 20.1 Å². The van der Waals surface area contributed by atoms with E-state index < -0.39 is 30.1 Å². The second-order valence-corrected chi connectivity index (χ2v) is 13.6. The normalized spacial score (nSPS) is 55.6. The quantitative estimate of drug-likeness (QED) is 0.330. The number of ether oxygens (including phenoxy) is 3. The van der Waals surface area contributed by atoms with Crippen LogP contribution >= 0.6 is 0 Å². The summed E-state index contributed by atoms with van der Waals surface area (Å²) in [6, 6.07) is -0.629. The maximum atomic E-state index is 12.4. The third-order valence-electron chi connectivity index (χ3n) is 12.2. The van der Waals surface area contributed by atoms with Gasteiger partial charge in [0.25, 0.3) is 0 Å². The molecule has 8 nitrogen and oxygen atoms in total. The molecule has 2 aliphatic heterocycles. The third kappa shape index (κ3) is 3.80. The molecule has 6 rings (SSSR count). The van der Waals surface area contributed by atoms with Crippen molar-refractivity contribution in [3.05, 3.63) is 11.6 Å². The predicted molar refractivity (Wildman–Crippen MR) is 135 cm³/mol. The molecule has 0 bridgehead atoms. The highest BCUT2D eigenvalue weighted by Gasteiger charge is 2.67. The number of esters is 1. The summed E-state index contributed by atoms with van der Waals surface area (Å²) in [6.45, 7) is 6.89. The van der Waals surface area contributed by atoms with Gasteiger partial charge in [-0.15, -0.1) is 0 Å². The average Bonchev–Trinajstić information content (AvgIpc) is 3.41. The minimum atomic E-state index is -1.15. The lowest BCUT2D eigenvalue weighted by Gasteiger charge is -2.64. The zero-order valence-electron chi connectivity index (χ0n) is 22.5. The Morgan fingerprint density at radius 2 is 1.81 bits per heavy atom. The molecule has 4 aliphatic carbocycles. The van der Waals surface area contributed by atoms with E-state index in [4.69, 9.17) is 19.9 Å². The van der Waals surface area contributed by atoms with Gasteiger partial charge in [-0.3, -0.25) is 0 Å². The topological polar surface area (TPSA) is 131 Å². The monoisotopic (exact) mass is 519 g/mol. The number of aliphatic hydroxyl groups excluding tert-OH is 2. The highest BCUT2D eigenvalue weighted by molar-refractivity contribution is 5.85. The summed E-state index contributed by atoms with van der Waals surface area (Å²) in [4.78, 5) is 11.8. The first-order valence-corrected chi connectivity index (χ1v) is 14.5. The first-order chi connectivity index (χ1) is 17.5. The minimum absolute atomic E-state index is 0.0253.